The summed E-state index contributed by atoms with van der Waals surface area (Å²) >= 11 is 0. The zero-order valence-corrected chi connectivity index (χ0v) is 18.0. The number of nitrogens with zero attached hydrogens (tertiary/aromatic N) is 2. The summed E-state index contributed by atoms with van der Waals surface area (Å²) in [5.41, 5.74) is 1.92. The Morgan fingerprint density at radius 3 is 2.40 bits per heavy atom. The number of piperazine rings is 1. The fourth-order valence-corrected chi connectivity index (χ4v) is 3.56. The highest BCUT2D eigenvalue weighted by Crippen LogP contribution is 2.29. The molecule has 1 aliphatic heterocycles. The molecule has 1 heterocycles. The van der Waals surface area contributed by atoms with Gasteiger partial charge in [0.15, 0.2) is 11.5 Å². The summed E-state index contributed by atoms with van der Waals surface area (Å²) in [6.45, 7) is 6.54. The van der Waals surface area contributed by atoms with E-state index in [4.69, 9.17) is 9.47 Å². The summed E-state index contributed by atoms with van der Waals surface area (Å²) in [6.07, 6.45) is 4.36. The van der Waals surface area contributed by atoms with Crippen molar-refractivity contribution >= 4 is 17.7 Å². The summed E-state index contributed by atoms with van der Waals surface area (Å²) in [7, 11) is 3.18. The highest BCUT2D eigenvalue weighted by Gasteiger charge is 2.25. The number of ether oxygens (including phenoxy) is 2. The van der Waals surface area contributed by atoms with Gasteiger partial charge in [-0.05, 0) is 24.6 Å². The van der Waals surface area contributed by atoms with Gasteiger partial charge in [-0.25, -0.2) is 0 Å². The smallest absolute Gasteiger partial charge is 0.241 e. The molecule has 6 heteroatoms. The van der Waals surface area contributed by atoms with Crippen molar-refractivity contribution in [2.24, 2.45) is 0 Å². The van der Waals surface area contributed by atoms with Crippen LogP contribution in [0.2, 0.25) is 0 Å². The molecular weight excluding hydrogens is 378 g/mol. The fraction of sp³-hybridized carbons (Fsp3) is 0.375. The molecule has 0 unspecified atom stereocenters. The minimum atomic E-state index is -0.194. The SMILES string of the molecule is COc1ccc(NC(=O)[C@H](C)N2CCN(C/C=C/c3ccccc3)CC2)cc1OC. The normalized spacial score (nSPS) is 16.4. The van der Waals surface area contributed by atoms with Crippen molar-refractivity contribution in [1.82, 2.24) is 9.80 Å². The van der Waals surface area contributed by atoms with Crippen LogP contribution in [0.25, 0.3) is 6.08 Å². The van der Waals surface area contributed by atoms with E-state index >= 15 is 0 Å². The van der Waals surface area contributed by atoms with E-state index in [0.29, 0.717) is 17.2 Å². The van der Waals surface area contributed by atoms with Crippen LogP contribution < -0.4 is 14.8 Å². The number of methoxy groups -OCH3 is 2. The van der Waals surface area contributed by atoms with Crippen molar-refractivity contribution in [3.63, 3.8) is 0 Å². The van der Waals surface area contributed by atoms with Crippen molar-refractivity contribution in [3.05, 3.63) is 60.2 Å². The lowest BCUT2D eigenvalue weighted by Gasteiger charge is -2.37. The topological polar surface area (TPSA) is 54.0 Å². The summed E-state index contributed by atoms with van der Waals surface area (Å²) < 4.78 is 10.6. The number of nitrogens with one attached hydrogen (secondary N) is 1. The van der Waals surface area contributed by atoms with Crippen molar-refractivity contribution < 1.29 is 14.3 Å². The molecular formula is C24H31N3O3. The van der Waals surface area contributed by atoms with Gasteiger partial charge < -0.3 is 14.8 Å². The first-order valence-electron chi connectivity index (χ1n) is 10.3. The molecule has 2 aromatic rings. The minimum absolute atomic E-state index is 0.0142. The van der Waals surface area contributed by atoms with Crippen LogP contribution in [0.15, 0.2) is 54.6 Å². The standard InChI is InChI=1S/C24H31N3O3/c1-19(24(28)25-21-11-12-22(29-2)23(18-21)30-3)27-16-14-26(15-17-27)13-7-10-20-8-5-4-6-9-20/h4-12,18-19H,13-17H2,1-3H3,(H,25,28)/b10-7+/t19-/m0/s1. The molecule has 0 radical (unpaired) electrons. The van der Waals surface area contributed by atoms with E-state index < -0.39 is 0 Å². The van der Waals surface area contributed by atoms with E-state index in [0.717, 1.165) is 32.7 Å². The van der Waals surface area contributed by atoms with Gasteiger partial charge in [0.25, 0.3) is 0 Å². The Morgan fingerprint density at radius 2 is 1.73 bits per heavy atom. The van der Waals surface area contributed by atoms with E-state index in [9.17, 15) is 4.79 Å². The fourth-order valence-electron chi connectivity index (χ4n) is 3.56. The second kappa shape index (κ2) is 10.8. The largest absolute Gasteiger partial charge is 0.493 e. The van der Waals surface area contributed by atoms with E-state index in [1.54, 1.807) is 26.4 Å². The van der Waals surface area contributed by atoms with Crippen molar-refractivity contribution in [1.29, 1.82) is 0 Å². The van der Waals surface area contributed by atoms with Gasteiger partial charge in [0.05, 0.1) is 20.3 Å². The summed E-state index contributed by atoms with van der Waals surface area (Å²) in [4.78, 5) is 17.4. The number of carbonyl (C=O) groups is 1. The third-order valence-electron chi connectivity index (χ3n) is 5.46. The van der Waals surface area contributed by atoms with Gasteiger partial charge in [0.1, 0.15) is 0 Å². The minimum Gasteiger partial charge on any atom is -0.493 e. The first-order valence-corrected chi connectivity index (χ1v) is 10.3. The van der Waals surface area contributed by atoms with Crippen molar-refractivity contribution in [2.45, 2.75) is 13.0 Å². The van der Waals surface area contributed by atoms with Crippen molar-refractivity contribution in [2.75, 3.05) is 52.3 Å². The Balaban J connectivity index is 1.47. The molecule has 1 aliphatic rings. The van der Waals surface area contributed by atoms with E-state index in [2.05, 4.69) is 39.4 Å². The van der Waals surface area contributed by atoms with Crippen LogP contribution in [0.5, 0.6) is 11.5 Å². The maximum Gasteiger partial charge on any atom is 0.241 e. The number of benzene rings is 2. The van der Waals surface area contributed by atoms with Crippen LogP contribution in [0, 0.1) is 0 Å². The molecule has 160 valence electrons. The molecule has 2 aromatic carbocycles. The lowest BCUT2D eigenvalue weighted by Crippen LogP contribution is -2.52. The van der Waals surface area contributed by atoms with Gasteiger partial charge in [-0.2, -0.15) is 0 Å². The van der Waals surface area contributed by atoms with Crippen molar-refractivity contribution in [3.8, 4) is 11.5 Å². The molecule has 1 saturated heterocycles. The number of carbonyl (C=O) groups excluding carboxylic acids is 1. The zero-order valence-electron chi connectivity index (χ0n) is 18.0. The molecule has 1 N–H and O–H groups in total. The third-order valence-corrected chi connectivity index (χ3v) is 5.46. The predicted octanol–water partition coefficient (Wildman–Crippen LogP) is 3.36. The molecule has 0 saturated carbocycles. The highest BCUT2D eigenvalue weighted by atomic mass is 16.5. The zero-order chi connectivity index (χ0) is 21.3. The summed E-state index contributed by atoms with van der Waals surface area (Å²) in [6, 6.07) is 15.5. The molecule has 0 aliphatic carbocycles. The van der Waals surface area contributed by atoms with Gasteiger partial charge in [0, 0.05) is 44.5 Å². The number of hydrogen-bond acceptors (Lipinski definition) is 5. The van der Waals surface area contributed by atoms with Crippen LogP contribution in [0.4, 0.5) is 5.69 Å². The first-order chi connectivity index (χ1) is 14.6. The average molecular weight is 410 g/mol. The second-order valence-corrected chi connectivity index (χ2v) is 7.38. The van der Waals surface area contributed by atoms with Gasteiger partial charge in [0.2, 0.25) is 5.91 Å². The Labute approximate surface area is 179 Å². The molecule has 0 bridgehead atoms. The molecule has 30 heavy (non-hydrogen) atoms. The van der Waals surface area contributed by atoms with Crippen LogP contribution in [0.3, 0.4) is 0 Å². The Morgan fingerprint density at radius 1 is 1.03 bits per heavy atom. The molecule has 0 spiro atoms. The highest BCUT2D eigenvalue weighted by molar-refractivity contribution is 5.94. The predicted molar refractivity (Wildman–Crippen MR) is 121 cm³/mol. The maximum absolute atomic E-state index is 12.7. The molecule has 6 nitrogen and oxygen atoms in total. The molecule has 1 atom stereocenters. The van der Waals surface area contributed by atoms with Gasteiger partial charge in [-0.15, -0.1) is 0 Å². The Hall–Kier alpha value is -2.83. The van der Waals surface area contributed by atoms with Gasteiger partial charge in [-0.1, -0.05) is 42.5 Å². The Kier molecular flexibility index (Phi) is 7.88. The average Bonchev–Trinajstić information content (AvgIpc) is 2.79. The van der Waals surface area contributed by atoms with E-state index in [1.165, 1.54) is 5.56 Å². The van der Waals surface area contributed by atoms with Gasteiger partial charge >= 0.3 is 0 Å². The van der Waals surface area contributed by atoms with Crippen LogP contribution >= 0.6 is 0 Å². The number of hydrogen-bond donors (Lipinski definition) is 1. The lowest BCUT2D eigenvalue weighted by atomic mass is 10.2. The molecule has 1 fully saturated rings. The maximum atomic E-state index is 12.7. The Bertz CT molecular complexity index is 846. The number of anilines is 1. The van der Waals surface area contributed by atoms with Gasteiger partial charge in [-0.3, -0.25) is 14.6 Å². The number of rotatable bonds is 8. The first kappa shape index (κ1) is 21.9. The van der Waals surface area contributed by atoms with Crippen LogP contribution in [-0.4, -0.2) is 68.7 Å². The molecule has 0 aromatic heterocycles. The lowest BCUT2D eigenvalue weighted by molar-refractivity contribution is -0.121. The van der Waals surface area contributed by atoms with Crippen LogP contribution in [-0.2, 0) is 4.79 Å². The number of amides is 1. The molecule has 1 amide bonds. The van der Waals surface area contributed by atoms with Crippen LogP contribution in [0.1, 0.15) is 12.5 Å². The second-order valence-electron chi connectivity index (χ2n) is 7.38. The monoisotopic (exact) mass is 409 g/mol. The molecule has 3 rings (SSSR count). The summed E-state index contributed by atoms with van der Waals surface area (Å²) in [5, 5.41) is 2.99. The third kappa shape index (κ3) is 5.84. The summed E-state index contributed by atoms with van der Waals surface area (Å²) in [5.74, 6) is 1.22. The van der Waals surface area contributed by atoms with E-state index in [1.807, 2.05) is 31.2 Å². The quantitative estimate of drug-likeness (QED) is 0.725. The van der Waals surface area contributed by atoms with E-state index in [-0.39, 0.29) is 11.9 Å².